The Morgan fingerprint density at radius 2 is 2.28 bits per heavy atom. The summed E-state index contributed by atoms with van der Waals surface area (Å²) in [6.45, 7) is 2.31. The summed E-state index contributed by atoms with van der Waals surface area (Å²) >= 11 is 7.74. The predicted molar refractivity (Wildman–Crippen MR) is 71.1 cm³/mol. The van der Waals surface area contributed by atoms with E-state index in [0.717, 1.165) is 22.4 Å². The van der Waals surface area contributed by atoms with E-state index in [1.165, 1.54) is 24.6 Å². The summed E-state index contributed by atoms with van der Waals surface area (Å²) in [5.41, 5.74) is 1.05. The minimum absolute atomic E-state index is 0.227. The highest BCUT2D eigenvalue weighted by molar-refractivity contribution is 7.98. The highest BCUT2D eigenvalue weighted by Crippen LogP contribution is 2.68. The molecule has 18 heavy (non-hydrogen) atoms. The van der Waals surface area contributed by atoms with Crippen molar-refractivity contribution in [2.45, 2.75) is 30.3 Å². The maximum Gasteiger partial charge on any atom is 0.207 e. The van der Waals surface area contributed by atoms with E-state index in [2.05, 4.69) is 22.0 Å². The first kappa shape index (κ1) is 11.1. The van der Waals surface area contributed by atoms with E-state index in [1.807, 2.05) is 10.8 Å². The van der Waals surface area contributed by atoms with Gasteiger partial charge in [0.1, 0.15) is 11.3 Å². The minimum Gasteiger partial charge on any atom is -0.227 e. The molecule has 2 aromatic heterocycles. The van der Waals surface area contributed by atoms with Crippen LogP contribution >= 0.6 is 23.4 Å². The van der Waals surface area contributed by atoms with Gasteiger partial charge < -0.3 is 0 Å². The van der Waals surface area contributed by atoms with Gasteiger partial charge in [-0.2, -0.15) is 0 Å². The molecule has 6 heteroatoms. The first-order chi connectivity index (χ1) is 8.65. The van der Waals surface area contributed by atoms with Crippen LogP contribution in [-0.2, 0) is 5.41 Å². The number of aromatic nitrogens is 4. The molecule has 0 saturated heterocycles. The fourth-order valence-corrected chi connectivity index (χ4v) is 3.90. The Morgan fingerprint density at radius 3 is 2.83 bits per heavy atom. The van der Waals surface area contributed by atoms with Crippen LogP contribution in [0.15, 0.2) is 11.4 Å². The summed E-state index contributed by atoms with van der Waals surface area (Å²) < 4.78 is 1.91. The van der Waals surface area contributed by atoms with Crippen molar-refractivity contribution in [2.75, 3.05) is 6.26 Å². The van der Waals surface area contributed by atoms with E-state index in [4.69, 9.17) is 11.6 Å². The number of hydrogen-bond donors (Lipinski definition) is 0. The summed E-state index contributed by atoms with van der Waals surface area (Å²) in [6.07, 6.45) is 6.22. The molecule has 3 aliphatic rings. The van der Waals surface area contributed by atoms with Crippen LogP contribution in [0, 0.1) is 11.8 Å². The van der Waals surface area contributed by atoms with Crippen molar-refractivity contribution in [2.24, 2.45) is 11.8 Å². The number of hydrogen-bond acceptors (Lipinski definition) is 4. The molecule has 0 radical (unpaired) electrons. The Labute approximate surface area is 114 Å². The van der Waals surface area contributed by atoms with Gasteiger partial charge in [-0.1, -0.05) is 30.3 Å². The Morgan fingerprint density at radius 1 is 1.50 bits per heavy atom. The third-order valence-corrected chi connectivity index (χ3v) is 5.62. The lowest BCUT2D eigenvalue weighted by Crippen LogP contribution is -2.64. The molecule has 0 aromatic carbocycles. The van der Waals surface area contributed by atoms with Crippen molar-refractivity contribution in [3.63, 3.8) is 0 Å². The van der Waals surface area contributed by atoms with Crippen molar-refractivity contribution in [3.8, 4) is 0 Å². The Kier molecular flexibility index (Phi) is 2.08. The molecule has 2 heterocycles. The van der Waals surface area contributed by atoms with Gasteiger partial charge in [0.25, 0.3) is 0 Å². The van der Waals surface area contributed by atoms with Crippen LogP contribution in [0.2, 0.25) is 5.15 Å². The number of halogens is 1. The Bertz CT molecular complexity index is 647. The summed E-state index contributed by atoms with van der Waals surface area (Å²) in [5, 5.41) is 5.83. The molecule has 3 saturated carbocycles. The van der Waals surface area contributed by atoms with Gasteiger partial charge >= 0.3 is 0 Å². The summed E-state index contributed by atoms with van der Waals surface area (Å²) in [4.78, 5) is 8.83. The quantitative estimate of drug-likeness (QED) is 0.794. The van der Waals surface area contributed by atoms with Crippen LogP contribution in [0.5, 0.6) is 0 Å². The molecule has 1 atom stereocenters. The molecule has 3 aliphatic carbocycles. The molecular formula is C12H13ClN4S. The van der Waals surface area contributed by atoms with Crippen LogP contribution in [0.3, 0.4) is 0 Å². The third-order valence-electron chi connectivity index (χ3n) is 4.79. The summed E-state index contributed by atoms with van der Waals surface area (Å²) in [5.74, 6) is 2.64. The zero-order valence-electron chi connectivity index (χ0n) is 10.2. The average molecular weight is 281 g/mol. The predicted octanol–water partition coefficient (Wildman–Crippen LogP) is 2.80. The van der Waals surface area contributed by atoms with Gasteiger partial charge in [0.15, 0.2) is 5.15 Å². The average Bonchev–Trinajstić information content (AvgIpc) is 2.64. The molecule has 1 unspecified atom stereocenters. The molecule has 0 aliphatic heterocycles. The zero-order chi connectivity index (χ0) is 12.5. The number of nitrogens with zero attached hydrogens (tertiary/aromatic N) is 4. The van der Waals surface area contributed by atoms with E-state index in [9.17, 15) is 0 Å². The molecule has 0 N–H and O–H groups in total. The van der Waals surface area contributed by atoms with Gasteiger partial charge in [-0.3, -0.25) is 0 Å². The van der Waals surface area contributed by atoms with E-state index in [1.54, 1.807) is 6.20 Å². The molecule has 0 amide bonds. The number of fused-ring (bicyclic) bond motifs is 1. The van der Waals surface area contributed by atoms with Gasteiger partial charge in [0.2, 0.25) is 5.16 Å². The largest absolute Gasteiger partial charge is 0.227 e. The van der Waals surface area contributed by atoms with Crippen LogP contribution < -0.4 is 0 Å². The van der Waals surface area contributed by atoms with Crippen molar-refractivity contribution < 1.29 is 0 Å². The second-order valence-electron chi connectivity index (χ2n) is 5.38. The normalized spacial score (nSPS) is 33.3. The van der Waals surface area contributed by atoms with Crippen LogP contribution in [0.25, 0.3) is 5.52 Å². The van der Waals surface area contributed by atoms with E-state index < -0.39 is 0 Å². The van der Waals surface area contributed by atoms with Gasteiger partial charge in [0.05, 0.1) is 6.20 Å². The SMILES string of the molecule is CSc1ncc2c(Cl)nc(C34CC(C3)C4C)n2n1. The van der Waals surface area contributed by atoms with E-state index in [-0.39, 0.29) is 5.41 Å². The highest BCUT2D eigenvalue weighted by atomic mass is 35.5. The van der Waals surface area contributed by atoms with Gasteiger partial charge in [-0.25, -0.2) is 14.5 Å². The molecule has 0 spiro atoms. The molecule has 3 fully saturated rings. The van der Waals surface area contributed by atoms with E-state index >= 15 is 0 Å². The van der Waals surface area contributed by atoms with Crippen molar-refractivity contribution in [3.05, 3.63) is 17.2 Å². The third kappa shape index (κ3) is 1.12. The van der Waals surface area contributed by atoms with E-state index in [0.29, 0.717) is 11.1 Å². The Hall–Kier alpha value is -0.810. The van der Waals surface area contributed by atoms with Crippen molar-refractivity contribution in [1.29, 1.82) is 0 Å². The first-order valence-corrected chi connectivity index (χ1v) is 7.72. The molecule has 2 aromatic rings. The lowest BCUT2D eigenvalue weighted by atomic mass is 9.38. The van der Waals surface area contributed by atoms with Crippen LogP contribution in [0.1, 0.15) is 25.6 Å². The number of imidazole rings is 1. The molecule has 5 rings (SSSR count). The minimum atomic E-state index is 0.227. The number of thioether (sulfide) groups is 1. The van der Waals surface area contributed by atoms with Gasteiger partial charge in [0, 0.05) is 5.41 Å². The number of rotatable bonds is 2. The lowest BCUT2D eigenvalue weighted by Gasteiger charge is -2.66. The zero-order valence-corrected chi connectivity index (χ0v) is 11.8. The second kappa shape index (κ2) is 3.39. The second-order valence-corrected chi connectivity index (χ2v) is 6.51. The molecule has 4 nitrogen and oxygen atoms in total. The fraction of sp³-hybridized carbons (Fsp3) is 0.583. The maximum atomic E-state index is 6.21. The van der Waals surface area contributed by atoms with Crippen LogP contribution in [-0.4, -0.2) is 25.8 Å². The summed E-state index contributed by atoms with van der Waals surface area (Å²) in [6, 6.07) is 0. The summed E-state index contributed by atoms with van der Waals surface area (Å²) in [7, 11) is 0. The van der Waals surface area contributed by atoms with Gasteiger partial charge in [-0.15, -0.1) is 5.10 Å². The maximum absolute atomic E-state index is 6.21. The molecule has 94 valence electrons. The Balaban J connectivity index is 1.95. The highest BCUT2D eigenvalue weighted by Gasteiger charge is 2.66. The fourth-order valence-electron chi connectivity index (χ4n) is 3.37. The van der Waals surface area contributed by atoms with Crippen molar-refractivity contribution >= 4 is 28.9 Å². The monoisotopic (exact) mass is 280 g/mol. The smallest absolute Gasteiger partial charge is 0.207 e. The molecular weight excluding hydrogens is 268 g/mol. The lowest BCUT2D eigenvalue weighted by molar-refractivity contribution is -0.116. The molecule has 2 bridgehead atoms. The van der Waals surface area contributed by atoms with Crippen molar-refractivity contribution in [1.82, 2.24) is 19.6 Å². The standard InChI is InChI=1S/C12H13ClN4S/c1-6-7-3-12(6,4-7)10-15-9(13)8-5-14-11(18-2)16-17(8)10/h5-7H,3-4H2,1-2H3. The van der Waals surface area contributed by atoms with Crippen LogP contribution in [0.4, 0.5) is 0 Å². The first-order valence-electron chi connectivity index (χ1n) is 6.11. The topological polar surface area (TPSA) is 43.1 Å². The van der Waals surface area contributed by atoms with Gasteiger partial charge in [-0.05, 0) is 30.9 Å².